The van der Waals surface area contributed by atoms with Crippen LogP contribution in [0.5, 0.6) is 0 Å². The van der Waals surface area contributed by atoms with Crippen molar-refractivity contribution in [2.75, 3.05) is 0 Å². The van der Waals surface area contributed by atoms with Crippen LogP contribution in [-0.2, 0) is 40.3 Å². The molecular weight excluding hydrogens is 175 g/mol. The van der Waals surface area contributed by atoms with Crippen LogP contribution >= 0.6 is 0 Å². The van der Waals surface area contributed by atoms with Crippen LogP contribution in [0.3, 0.4) is 0 Å². The summed E-state index contributed by atoms with van der Waals surface area (Å²) in [6, 6.07) is 0. The summed E-state index contributed by atoms with van der Waals surface area (Å²) in [6.45, 7) is 0. The minimum atomic E-state index is 0. The third-order valence-corrected chi connectivity index (χ3v) is 0. The van der Waals surface area contributed by atoms with E-state index in [2.05, 4.69) is 0 Å². The van der Waals surface area contributed by atoms with Crippen molar-refractivity contribution in [3.05, 3.63) is 0 Å². The van der Waals surface area contributed by atoms with Crippen LogP contribution < -0.4 is 18.9 Å². The Kier molecular flexibility index (Phi) is 138. The minimum Gasteiger partial charge on any atom is -1.00 e. The van der Waals surface area contributed by atoms with E-state index in [1.165, 1.54) is 0 Å². The molecule has 0 spiro atoms. The van der Waals surface area contributed by atoms with Gasteiger partial charge in [0.15, 0.2) is 0 Å². The van der Waals surface area contributed by atoms with E-state index in [0.29, 0.717) is 0 Å². The third kappa shape index (κ3) is 8.82. The molecule has 0 heterocycles. The zero-order chi connectivity index (χ0) is 0. The summed E-state index contributed by atoms with van der Waals surface area (Å²) in [5, 5.41) is 0. The van der Waals surface area contributed by atoms with Crippen LogP contribution in [0, 0.1) is 0 Å². The van der Waals surface area contributed by atoms with Crippen molar-refractivity contribution in [2.45, 2.75) is 0 Å². The van der Waals surface area contributed by atoms with Crippen molar-refractivity contribution in [1.29, 1.82) is 0 Å². The average Bonchev–Trinajstić information content (AvgIpc) is 0. The Morgan fingerprint density at radius 3 is 1.25 bits per heavy atom. The smallest absolute Gasteiger partial charge is 1.00 e. The summed E-state index contributed by atoms with van der Waals surface area (Å²) < 4.78 is 0. The monoisotopic (exact) mass is 179 g/mol. The Labute approximate surface area is 79.3 Å². The molecule has 17 valence electrons. The van der Waals surface area contributed by atoms with E-state index < -0.39 is 0 Å². The van der Waals surface area contributed by atoms with Crippen molar-refractivity contribution in [1.82, 2.24) is 0 Å². The largest absolute Gasteiger partial charge is 1.00 e. The second-order valence-electron chi connectivity index (χ2n) is 0. The van der Waals surface area contributed by atoms with Gasteiger partial charge in [0.2, 0.25) is 0 Å². The Hall–Kier alpha value is 2.53. The molecule has 0 aromatic heterocycles. The topological polar surface area (TPSA) is 0 Å². The molecule has 0 nitrogen and oxygen atoms in total. The summed E-state index contributed by atoms with van der Waals surface area (Å²) in [7, 11) is 0. The minimum absolute atomic E-state index is 0. The van der Waals surface area contributed by atoms with E-state index in [0.717, 1.165) is 0 Å². The van der Waals surface area contributed by atoms with Gasteiger partial charge in [-0.3, -0.25) is 0 Å². The second kappa shape index (κ2) is 17.7. The van der Waals surface area contributed by atoms with Crippen LogP contribution in [0.2, 0.25) is 0 Å². The zero-order valence-corrected chi connectivity index (χ0v) is 4.91. The van der Waals surface area contributed by atoms with Gasteiger partial charge in [0, 0.05) is 40.3 Å². The Bertz CT molecular complexity index is 11.6. The maximum atomic E-state index is 0. The van der Waals surface area contributed by atoms with Crippen LogP contribution in [0.25, 0.3) is 0 Å². The maximum absolute atomic E-state index is 0. The van der Waals surface area contributed by atoms with E-state index in [1.807, 2.05) is 0 Å². The summed E-state index contributed by atoms with van der Waals surface area (Å²) >= 11 is 0. The molecule has 0 saturated carbocycles. The molecule has 4 heteroatoms. The van der Waals surface area contributed by atoms with Gasteiger partial charge in [0.1, 0.15) is 0 Å². The fraction of sp³-hybridized carbons (Fsp3) is 0. The molecule has 0 rings (SSSR count). The predicted molar refractivity (Wildman–Crippen MR) is 11.1 cm³/mol. The summed E-state index contributed by atoms with van der Waals surface area (Å²) in [5.41, 5.74) is 0. The molecule has 0 atom stereocenters. The van der Waals surface area contributed by atoms with Crippen LogP contribution in [0.1, 0.15) is 1.43 Å². The molecule has 4 heavy (non-hydrogen) atoms. The standard InChI is InChI=1S/Ga.Li.Ti.V.4H/q;+1;;;;;;-1. The summed E-state index contributed by atoms with van der Waals surface area (Å²) in [4.78, 5) is 0. The van der Waals surface area contributed by atoms with Crippen molar-refractivity contribution >= 4 is 19.8 Å². The molecule has 1 radical (unpaired) electrons. The fourth-order valence-corrected chi connectivity index (χ4v) is 0. The van der Waals surface area contributed by atoms with Crippen molar-refractivity contribution < 1.29 is 60.6 Å². The maximum Gasteiger partial charge on any atom is 1.00 e. The first-order valence-corrected chi connectivity index (χ1v) is 0. The van der Waals surface area contributed by atoms with Crippen molar-refractivity contribution in [2.24, 2.45) is 0 Å². The molecule has 0 bridgehead atoms. The molecule has 0 fully saturated rings. The molecule has 0 saturated heterocycles. The molecule has 0 aliphatic carbocycles. The quantitative estimate of drug-likeness (QED) is 0.332. The van der Waals surface area contributed by atoms with Gasteiger partial charge in [-0.05, 0) is 0 Å². The normalized spacial score (nSPS) is 0. The summed E-state index contributed by atoms with van der Waals surface area (Å²) in [5.74, 6) is 0. The Morgan fingerprint density at radius 1 is 1.25 bits per heavy atom. The second-order valence-corrected chi connectivity index (χ2v) is 0. The number of hydrogen-bond donors (Lipinski definition) is 0. The molecule has 0 aromatic carbocycles. The summed E-state index contributed by atoms with van der Waals surface area (Å²) in [6.07, 6.45) is 0. The van der Waals surface area contributed by atoms with Gasteiger partial charge in [-0.15, -0.1) is 0 Å². The van der Waals surface area contributed by atoms with Crippen LogP contribution in [0.4, 0.5) is 0 Å². The van der Waals surface area contributed by atoms with Crippen LogP contribution in [-0.4, -0.2) is 19.8 Å². The van der Waals surface area contributed by atoms with Gasteiger partial charge in [-0.2, -0.15) is 0 Å². The van der Waals surface area contributed by atoms with Crippen LogP contribution in [0.15, 0.2) is 0 Å². The third-order valence-electron chi connectivity index (χ3n) is 0. The first-order valence-electron chi connectivity index (χ1n) is 0. The Morgan fingerprint density at radius 2 is 1.25 bits per heavy atom. The predicted octanol–water partition coefficient (Wildman–Crippen LogP) is -4.07. The van der Waals surface area contributed by atoms with Crippen molar-refractivity contribution in [3.8, 4) is 0 Å². The molecule has 0 aromatic rings. The SMILES string of the molecule is [GaH3].[H-].[Li+].[Ti].[V]. The molecule has 0 amide bonds. The van der Waals surface area contributed by atoms with Gasteiger partial charge in [0.05, 0.1) is 0 Å². The molecule has 0 unspecified atom stereocenters. The molecule has 0 aliphatic rings. The number of hydrogen-bond acceptors (Lipinski definition) is 0. The zero-order valence-electron chi connectivity index (χ0n) is 2.95. The van der Waals surface area contributed by atoms with E-state index in [-0.39, 0.29) is 80.4 Å². The van der Waals surface area contributed by atoms with Gasteiger partial charge < -0.3 is 1.43 Å². The van der Waals surface area contributed by atoms with E-state index in [4.69, 9.17) is 0 Å². The first-order chi connectivity index (χ1) is 0. The van der Waals surface area contributed by atoms with E-state index in [1.54, 1.807) is 0 Å². The molecule has 0 aliphatic heterocycles. The van der Waals surface area contributed by atoms with Gasteiger partial charge in [0.25, 0.3) is 0 Å². The van der Waals surface area contributed by atoms with E-state index in [9.17, 15) is 0 Å². The van der Waals surface area contributed by atoms with Gasteiger partial charge in [-0.1, -0.05) is 0 Å². The van der Waals surface area contributed by atoms with Gasteiger partial charge in [-0.25, -0.2) is 0 Å². The number of rotatable bonds is 0. The van der Waals surface area contributed by atoms with Crippen molar-refractivity contribution in [3.63, 3.8) is 0 Å². The Balaban J connectivity index is 0. The molecular formula is H4GaLiTiV. The first kappa shape index (κ1) is 31.2. The average molecular weight is 180 g/mol. The van der Waals surface area contributed by atoms with E-state index >= 15 is 0 Å². The van der Waals surface area contributed by atoms with Gasteiger partial charge >= 0.3 is 38.7 Å². The fourth-order valence-electron chi connectivity index (χ4n) is 0. The molecule has 0 N–H and O–H groups in total.